The smallest absolute Gasteiger partial charge is 0.0465 e. The first-order chi connectivity index (χ1) is 26.5. The van der Waals surface area contributed by atoms with E-state index in [9.17, 15) is 0 Å². The minimum absolute atomic E-state index is 0.0883. The number of hydrogen-bond donors (Lipinski definition) is 0. The Morgan fingerprint density at radius 3 is 1.35 bits per heavy atom. The van der Waals surface area contributed by atoms with Crippen molar-refractivity contribution in [3.05, 3.63) is 211 Å². The Hall–Kier alpha value is -6.70. The molecule has 0 radical (unpaired) electrons. The van der Waals surface area contributed by atoms with Crippen molar-refractivity contribution >= 4 is 38.6 Å². The van der Waals surface area contributed by atoms with Crippen LogP contribution in [0.1, 0.15) is 25.0 Å². The molecule has 10 rings (SSSR count). The fourth-order valence-electron chi connectivity index (χ4n) is 8.75. The molecule has 0 heterocycles. The first-order valence-electron chi connectivity index (χ1n) is 18.8. The molecule has 0 N–H and O–H groups in total. The Kier molecular flexibility index (Phi) is 7.56. The van der Waals surface area contributed by atoms with E-state index >= 15 is 0 Å². The molecule has 0 spiro atoms. The van der Waals surface area contributed by atoms with Gasteiger partial charge in [0.1, 0.15) is 0 Å². The van der Waals surface area contributed by atoms with E-state index in [0.717, 1.165) is 17.1 Å². The van der Waals surface area contributed by atoms with Crippen LogP contribution in [0, 0.1) is 0 Å². The van der Waals surface area contributed by atoms with Gasteiger partial charge < -0.3 is 4.90 Å². The minimum atomic E-state index is -0.0883. The SMILES string of the molecule is CC1(C)c2ccccc2-c2ccc(N(c3ccc(-c4ccccc4)cc3)c3ccc(-c4cccc5c4ccc4c(-c6ccccc6)cccc45)cc3)cc21. The molecule has 0 saturated heterocycles. The molecule has 1 nitrogen and oxygen atoms in total. The van der Waals surface area contributed by atoms with Crippen molar-refractivity contribution in [1.29, 1.82) is 0 Å². The Balaban J connectivity index is 1.07. The van der Waals surface area contributed by atoms with E-state index in [1.807, 2.05) is 0 Å². The summed E-state index contributed by atoms with van der Waals surface area (Å²) in [5.41, 5.74) is 16.1. The summed E-state index contributed by atoms with van der Waals surface area (Å²) in [7, 11) is 0. The first-order valence-corrected chi connectivity index (χ1v) is 18.8. The molecule has 0 unspecified atom stereocenters. The topological polar surface area (TPSA) is 3.24 Å². The zero-order valence-corrected chi connectivity index (χ0v) is 30.5. The van der Waals surface area contributed by atoms with E-state index in [1.165, 1.54) is 77.2 Å². The highest BCUT2D eigenvalue weighted by Gasteiger charge is 2.35. The molecule has 1 aliphatic carbocycles. The molecule has 0 saturated carbocycles. The van der Waals surface area contributed by atoms with E-state index in [0.29, 0.717) is 0 Å². The highest BCUT2D eigenvalue weighted by molar-refractivity contribution is 6.15. The van der Waals surface area contributed by atoms with Crippen LogP contribution < -0.4 is 4.90 Å². The van der Waals surface area contributed by atoms with E-state index in [-0.39, 0.29) is 5.41 Å². The molecular formula is C53H39N. The Morgan fingerprint density at radius 1 is 0.296 bits per heavy atom. The predicted molar refractivity (Wildman–Crippen MR) is 230 cm³/mol. The van der Waals surface area contributed by atoms with Crippen molar-refractivity contribution in [2.45, 2.75) is 19.3 Å². The lowest BCUT2D eigenvalue weighted by atomic mass is 9.82. The van der Waals surface area contributed by atoms with Gasteiger partial charge in [-0.25, -0.2) is 0 Å². The molecule has 256 valence electrons. The van der Waals surface area contributed by atoms with Crippen LogP contribution in [0.4, 0.5) is 17.1 Å². The van der Waals surface area contributed by atoms with Crippen molar-refractivity contribution < 1.29 is 0 Å². The van der Waals surface area contributed by atoms with E-state index in [4.69, 9.17) is 0 Å². The number of anilines is 3. The molecule has 1 heteroatoms. The van der Waals surface area contributed by atoms with Crippen LogP contribution in [0.2, 0.25) is 0 Å². The van der Waals surface area contributed by atoms with Gasteiger partial charge in [0, 0.05) is 22.5 Å². The van der Waals surface area contributed by atoms with Gasteiger partial charge in [0.25, 0.3) is 0 Å². The van der Waals surface area contributed by atoms with Crippen LogP contribution in [-0.2, 0) is 5.41 Å². The summed E-state index contributed by atoms with van der Waals surface area (Å²) in [6.07, 6.45) is 0. The number of benzene rings is 9. The molecule has 54 heavy (non-hydrogen) atoms. The summed E-state index contributed by atoms with van der Waals surface area (Å²) < 4.78 is 0. The Labute approximate surface area is 317 Å². The molecule has 0 fully saturated rings. The van der Waals surface area contributed by atoms with Crippen molar-refractivity contribution in [3.63, 3.8) is 0 Å². The maximum Gasteiger partial charge on any atom is 0.0465 e. The van der Waals surface area contributed by atoms with Crippen molar-refractivity contribution in [2.75, 3.05) is 4.90 Å². The van der Waals surface area contributed by atoms with E-state index in [1.54, 1.807) is 0 Å². The van der Waals surface area contributed by atoms with Gasteiger partial charge in [-0.1, -0.05) is 178 Å². The molecule has 0 amide bonds. The lowest BCUT2D eigenvalue weighted by Gasteiger charge is -2.28. The Bertz CT molecular complexity index is 2810. The van der Waals surface area contributed by atoms with Gasteiger partial charge >= 0.3 is 0 Å². The van der Waals surface area contributed by atoms with Gasteiger partial charge in [-0.3, -0.25) is 0 Å². The van der Waals surface area contributed by atoms with Crippen LogP contribution in [0.15, 0.2) is 200 Å². The third-order valence-electron chi connectivity index (χ3n) is 11.5. The second kappa shape index (κ2) is 12.8. The fraction of sp³-hybridized carbons (Fsp3) is 0.0566. The maximum atomic E-state index is 2.41. The molecule has 0 aromatic heterocycles. The molecular weight excluding hydrogens is 651 g/mol. The van der Waals surface area contributed by atoms with Crippen LogP contribution in [0.3, 0.4) is 0 Å². The highest BCUT2D eigenvalue weighted by Crippen LogP contribution is 2.51. The van der Waals surface area contributed by atoms with E-state index < -0.39 is 0 Å². The standard InChI is InChI=1S/C53H39N/c1-53(2)51-22-10-9-17-49(51)50-32-31-42(35-52(50)53)54(40-27-23-37(24-28-40)36-13-5-3-6-14-36)41-29-25-39(26-30-41)44-19-12-21-46-45-20-11-18-43(38-15-7-4-8-16-38)47(45)33-34-48(44)46/h3-35H,1-2H3. The van der Waals surface area contributed by atoms with E-state index in [2.05, 4.69) is 219 Å². The summed E-state index contributed by atoms with van der Waals surface area (Å²) in [6, 6.07) is 73.3. The number of hydrogen-bond acceptors (Lipinski definition) is 1. The molecule has 0 atom stereocenters. The lowest BCUT2D eigenvalue weighted by Crippen LogP contribution is -2.16. The van der Waals surface area contributed by atoms with Gasteiger partial charge in [0.05, 0.1) is 0 Å². The average Bonchev–Trinajstić information content (AvgIpc) is 3.47. The lowest BCUT2D eigenvalue weighted by molar-refractivity contribution is 0.660. The number of rotatable bonds is 6. The van der Waals surface area contributed by atoms with Gasteiger partial charge in [0.15, 0.2) is 0 Å². The van der Waals surface area contributed by atoms with Crippen molar-refractivity contribution in [3.8, 4) is 44.5 Å². The van der Waals surface area contributed by atoms with Gasteiger partial charge in [-0.15, -0.1) is 0 Å². The Morgan fingerprint density at radius 2 is 0.741 bits per heavy atom. The summed E-state index contributed by atoms with van der Waals surface area (Å²) in [5, 5.41) is 5.09. The molecule has 9 aromatic rings. The van der Waals surface area contributed by atoms with Crippen molar-refractivity contribution in [1.82, 2.24) is 0 Å². The summed E-state index contributed by atoms with van der Waals surface area (Å²) >= 11 is 0. The largest absolute Gasteiger partial charge is 0.310 e. The van der Waals surface area contributed by atoms with Gasteiger partial charge in [-0.2, -0.15) is 0 Å². The summed E-state index contributed by atoms with van der Waals surface area (Å²) in [5.74, 6) is 0. The number of fused-ring (bicyclic) bond motifs is 6. The average molecular weight is 690 g/mol. The van der Waals surface area contributed by atoms with Crippen LogP contribution in [-0.4, -0.2) is 0 Å². The van der Waals surface area contributed by atoms with Gasteiger partial charge in [0.2, 0.25) is 0 Å². The predicted octanol–water partition coefficient (Wildman–Crippen LogP) is 14.8. The third-order valence-corrected chi connectivity index (χ3v) is 11.5. The highest BCUT2D eigenvalue weighted by atomic mass is 15.1. The zero-order valence-electron chi connectivity index (χ0n) is 30.5. The second-order valence-electron chi connectivity index (χ2n) is 14.9. The number of nitrogens with zero attached hydrogens (tertiary/aromatic N) is 1. The zero-order chi connectivity index (χ0) is 36.2. The fourth-order valence-corrected chi connectivity index (χ4v) is 8.75. The molecule has 9 aromatic carbocycles. The maximum absolute atomic E-state index is 2.41. The van der Waals surface area contributed by atoms with Crippen LogP contribution >= 0.6 is 0 Å². The second-order valence-corrected chi connectivity index (χ2v) is 14.9. The molecule has 1 aliphatic rings. The first kappa shape index (κ1) is 32.0. The van der Waals surface area contributed by atoms with Crippen LogP contribution in [0.5, 0.6) is 0 Å². The minimum Gasteiger partial charge on any atom is -0.310 e. The van der Waals surface area contributed by atoms with Gasteiger partial charge in [-0.05, 0) is 114 Å². The normalized spacial score (nSPS) is 12.8. The van der Waals surface area contributed by atoms with Crippen LogP contribution in [0.25, 0.3) is 66.1 Å². The van der Waals surface area contributed by atoms with Crippen molar-refractivity contribution in [2.24, 2.45) is 0 Å². The quantitative estimate of drug-likeness (QED) is 0.157. The summed E-state index contributed by atoms with van der Waals surface area (Å²) in [6.45, 7) is 4.70. The third kappa shape index (κ3) is 5.24. The monoisotopic (exact) mass is 689 g/mol. The molecule has 0 aliphatic heterocycles. The summed E-state index contributed by atoms with van der Waals surface area (Å²) in [4.78, 5) is 2.40. The molecule has 0 bridgehead atoms.